The molecule has 0 radical (unpaired) electrons. The molecular weight excluding hydrogens is 340 g/mol. The van der Waals surface area contributed by atoms with Crippen LogP contribution >= 0.6 is 11.8 Å². The zero-order valence-corrected chi connectivity index (χ0v) is 15.3. The molecule has 2 aliphatic heterocycles. The second-order valence-electron chi connectivity index (χ2n) is 6.17. The van der Waals surface area contributed by atoms with E-state index in [1.54, 1.807) is 22.9 Å². The Balaban J connectivity index is 1.47. The number of hydrogen-bond donors (Lipinski definition) is 0. The number of anilines is 1. The van der Waals surface area contributed by atoms with E-state index in [0.717, 1.165) is 37.7 Å². The van der Waals surface area contributed by atoms with E-state index in [1.165, 1.54) is 7.11 Å². The van der Waals surface area contributed by atoms with E-state index in [1.807, 2.05) is 18.2 Å². The zero-order chi connectivity index (χ0) is 17.6. The molecule has 25 heavy (non-hydrogen) atoms. The van der Waals surface area contributed by atoms with Crippen LogP contribution in [0.1, 0.15) is 0 Å². The monoisotopic (exact) mass is 364 g/mol. The van der Waals surface area contributed by atoms with Gasteiger partial charge in [-0.15, -0.1) is 11.8 Å². The van der Waals surface area contributed by atoms with E-state index in [9.17, 15) is 9.59 Å². The van der Waals surface area contributed by atoms with Gasteiger partial charge in [-0.1, -0.05) is 6.07 Å². The van der Waals surface area contributed by atoms with Gasteiger partial charge in [0, 0.05) is 51.2 Å². The van der Waals surface area contributed by atoms with Crippen LogP contribution < -0.4 is 4.90 Å². The number of pyridine rings is 1. The third-order valence-electron chi connectivity index (χ3n) is 4.59. The Bertz CT molecular complexity index is 593. The van der Waals surface area contributed by atoms with Crippen LogP contribution in [0.15, 0.2) is 24.4 Å². The van der Waals surface area contributed by atoms with E-state index >= 15 is 0 Å². The van der Waals surface area contributed by atoms with Gasteiger partial charge in [0.1, 0.15) is 11.1 Å². The van der Waals surface area contributed by atoms with Gasteiger partial charge in [-0.05, 0) is 12.1 Å². The molecule has 1 amide bonds. The van der Waals surface area contributed by atoms with Crippen molar-refractivity contribution in [2.45, 2.75) is 5.25 Å². The number of methoxy groups -OCH3 is 1. The smallest absolute Gasteiger partial charge is 0.320 e. The van der Waals surface area contributed by atoms with E-state index in [2.05, 4.69) is 14.8 Å². The molecule has 0 saturated carbocycles. The van der Waals surface area contributed by atoms with Crippen LogP contribution in [-0.4, -0.2) is 90.6 Å². The molecule has 0 bridgehead atoms. The minimum Gasteiger partial charge on any atom is -0.468 e. The van der Waals surface area contributed by atoms with E-state index < -0.39 is 0 Å². The first kappa shape index (κ1) is 18.0. The highest BCUT2D eigenvalue weighted by Crippen LogP contribution is 2.20. The number of nitrogens with zero attached hydrogens (tertiary/aromatic N) is 4. The predicted molar refractivity (Wildman–Crippen MR) is 97.7 cm³/mol. The number of aromatic nitrogens is 1. The van der Waals surface area contributed by atoms with E-state index in [-0.39, 0.29) is 17.1 Å². The van der Waals surface area contributed by atoms with Crippen LogP contribution in [0, 0.1) is 0 Å². The fourth-order valence-electron chi connectivity index (χ4n) is 3.12. The van der Waals surface area contributed by atoms with Gasteiger partial charge in [0.2, 0.25) is 5.91 Å². The second-order valence-corrected chi connectivity index (χ2v) is 7.48. The molecule has 1 atom stereocenters. The maximum atomic E-state index is 12.6. The molecule has 136 valence electrons. The standard InChI is InChI=1S/C17H24N4O3S/c1-24-17(23)14-12-21(10-11-25-14)16(22)13-19-6-8-20(9-7-19)15-4-2-3-5-18-15/h2-5,14H,6-13H2,1H3/t14-/m0/s1. The normalized spacial score (nSPS) is 21.9. The molecule has 1 aromatic heterocycles. The molecule has 3 heterocycles. The van der Waals surface area contributed by atoms with Crippen molar-refractivity contribution in [3.63, 3.8) is 0 Å². The van der Waals surface area contributed by atoms with Crippen molar-refractivity contribution < 1.29 is 14.3 Å². The van der Waals surface area contributed by atoms with Gasteiger partial charge in [-0.25, -0.2) is 4.98 Å². The molecule has 0 aromatic carbocycles. The van der Waals surface area contributed by atoms with E-state index in [4.69, 9.17) is 4.74 Å². The first-order valence-electron chi connectivity index (χ1n) is 8.53. The lowest BCUT2D eigenvalue weighted by atomic mass is 10.2. The molecule has 1 aromatic rings. The number of thioether (sulfide) groups is 1. The summed E-state index contributed by atoms with van der Waals surface area (Å²) in [7, 11) is 1.39. The summed E-state index contributed by atoms with van der Waals surface area (Å²) in [5, 5.41) is -0.260. The Morgan fingerprint density at radius 3 is 2.72 bits per heavy atom. The highest BCUT2D eigenvalue weighted by molar-refractivity contribution is 8.00. The molecule has 0 spiro atoms. The molecule has 0 unspecified atom stereocenters. The van der Waals surface area contributed by atoms with Crippen molar-refractivity contribution in [1.29, 1.82) is 0 Å². The van der Waals surface area contributed by atoms with Crippen molar-refractivity contribution in [3.05, 3.63) is 24.4 Å². The highest BCUT2D eigenvalue weighted by atomic mass is 32.2. The van der Waals surface area contributed by atoms with Gasteiger partial charge < -0.3 is 14.5 Å². The number of ether oxygens (including phenoxy) is 1. The van der Waals surface area contributed by atoms with Gasteiger partial charge in [-0.3, -0.25) is 14.5 Å². The average molecular weight is 364 g/mol. The highest BCUT2D eigenvalue weighted by Gasteiger charge is 2.30. The molecular formula is C17H24N4O3S. The Kier molecular flexibility index (Phi) is 6.14. The summed E-state index contributed by atoms with van der Waals surface area (Å²) in [6.07, 6.45) is 1.80. The predicted octanol–water partition coefficient (Wildman–Crippen LogP) is 0.321. The summed E-state index contributed by atoms with van der Waals surface area (Å²) in [4.78, 5) is 34.9. The van der Waals surface area contributed by atoms with Crippen LogP contribution in [0.5, 0.6) is 0 Å². The number of carbonyl (C=O) groups excluding carboxylic acids is 2. The topological polar surface area (TPSA) is 66.0 Å². The number of rotatable bonds is 4. The first-order valence-corrected chi connectivity index (χ1v) is 9.58. The van der Waals surface area contributed by atoms with Crippen molar-refractivity contribution in [2.75, 3.05) is 63.6 Å². The molecule has 0 aliphatic carbocycles. The lowest BCUT2D eigenvalue weighted by Crippen LogP contribution is -2.52. The first-order chi connectivity index (χ1) is 12.2. The van der Waals surface area contributed by atoms with Gasteiger partial charge >= 0.3 is 5.97 Å². The lowest BCUT2D eigenvalue weighted by molar-refractivity contribution is -0.141. The molecule has 2 fully saturated rings. The number of amides is 1. The Labute approximate surface area is 152 Å². The van der Waals surface area contributed by atoms with Crippen LogP contribution in [0.3, 0.4) is 0 Å². The number of esters is 1. The minimum absolute atomic E-state index is 0.0977. The lowest BCUT2D eigenvalue weighted by Gasteiger charge is -2.37. The Morgan fingerprint density at radius 2 is 2.04 bits per heavy atom. The number of carbonyl (C=O) groups is 2. The summed E-state index contributed by atoms with van der Waals surface area (Å²) in [5.74, 6) is 1.62. The SMILES string of the molecule is COC(=O)[C@@H]1CN(C(=O)CN2CCN(c3ccccn3)CC2)CCS1. The molecule has 3 rings (SSSR count). The van der Waals surface area contributed by atoms with Crippen LogP contribution in [0.25, 0.3) is 0 Å². The van der Waals surface area contributed by atoms with Gasteiger partial charge in [0.25, 0.3) is 0 Å². The molecule has 0 N–H and O–H groups in total. The van der Waals surface area contributed by atoms with Gasteiger partial charge in [0.15, 0.2) is 0 Å². The van der Waals surface area contributed by atoms with Crippen molar-refractivity contribution in [1.82, 2.24) is 14.8 Å². The quantitative estimate of drug-likeness (QED) is 0.713. The fourth-order valence-corrected chi connectivity index (χ4v) is 4.25. The summed E-state index contributed by atoms with van der Waals surface area (Å²) in [5.41, 5.74) is 0. The van der Waals surface area contributed by atoms with E-state index in [0.29, 0.717) is 19.6 Å². The fraction of sp³-hybridized carbons (Fsp3) is 0.588. The molecule has 8 heteroatoms. The van der Waals surface area contributed by atoms with Gasteiger partial charge in [-0.2, -0.15) is 0 Å². The number of piperazine rings is 1. The average Bonchev–Trinajstić information content (AvgIpc) is 2.68. The molecule has 2 aliphatic rings. The zero-order valence-electron chi connectivity index (χ0n) is 14.5. The largest absolute Gasteiger partial charge is 0.468 e. The maximum Gasteiger partial charge on any atom is 0.320 e. The van der Waals surface area contributed by atoms with Crippen LogP contribution in [-0.2, 0) is 14.3 Å². The summed E-state index contributed by atoms with van der Waals surface area (Å²) >= 11 is 1.57. The third kappa shape index (κ3) is 4.64. The van der Waals surface area contributed by atoms with Crippen molar-refractivity contribution >= 4 is 29.5 Å². The van der Waals surface area contributed by atoms with Crippen molar-refractivity contribution in [3.8, 4) is 0 Å². The van der Waals surface area contributed by atoms with Gasteiger partial charge in [0.05, 0.1) is 13.7 Å². The second kappa shape index (κ2) is 8.53. The maximum absolute atomic E-state index is 12.6. The summed E-state index contributed by atoms with van der Waals surface area (Å²) in [6, 6.07) is 5.92. The minimum atomic E-state index is -0.260. The van der Waals surface area contributed by atoms with Crippen LogP contribution in [0.2, 0.25) is 0 Å². The molecule has 2 saturated heterocycles. The summed E-state index contributed by atoms with van der Waals surface area (Å²) in [6.45, 7) is 4.97. The molecule has 7 nitrogen and oxygen atoms in total. The number of hydrogen-bond acceptors (Lipinski definition) is 7. The Hall–Kier alpha value is -1.80. The third-order valence-corrected chi connectivity index (χ3v) is 5.75. The Morgan fingerprint density at radius 1 is 1.24 bits per heavy atom. The van der Waals surface area contributed by atoms with Crippen LogP contribution in [0.4, 0.5) is 5.82 Å². The van der Waals surface area contributed by atoms with Crippen molar-refractivity contribution in [2.24, 2.45) is 0 Å². The summed E-state index contributed by atoms with van der Waals surface area (Å²) < 4.78 is 4.80.